The van der Waals surface area contributed by atoms with E-state index in [1.54, 1.807) is 0 Å². The average Bonchev–Trinajstić information content (AvgIpc) is 2.69. The van der Waals surface area contributed by atoms with Gasteiger partial charge in [0.2, 0.25) is 0 Å². The minimum absolute atomic E-state index is 0.00826. The Bertz CT molecular complexity index is 373. The normalized spacial score (nSPS) is 41.3. The highest BCUT2D eigenvalue weighted by Gasteiger charge is 2.69. The summed E-state index contributed by atoms with van der Waals surface area (Å²) in [5.41, 5.74) is 0.210. The van der Waals surface area contributed by atoms with E-state index in [1.807, 2.05) is 6.92 Å². The molecule has 2 saturated carbocycles. The van der Waals surface area contributed by atoms with Gasteiger partial charge in [-0.05, 0) is 43.4 Å². The minimum Gasteiger partial charge on any atom is -0.458 e. The predicted molar refractivity (Wildman–Crippen MR) is 77.8 cm³/mol. The number of hydrogen-bond donors (Lipinski definition) is 0. The van der Waals surface area contributed by atoms with Crippen molar-refractivity contribution in [3.05, 3.63) is 0 Å². The second-order valence-corrected chi connectivity index (χ2v) is 7.57. The molecule has 2 aliphatic carbocycles. The highest BCUT2D eigenvalue weighted by atomic mass is 16.6. The number of ether oxygens (including phenoxy) is 1. The van der Waals surface area contributed by atoms with Crippen molar-refractivity contribution in [2.75, 3.05) is 0 Å². The lowest BCUT2D eigenvalue weighted by Gasteiger charge is -2.47. The van der Waals surface area contributed by atoms with E-state index in [1.165, 1.54) is 12.8 Å². The third-order valence-corrected chi connectivity index (χ3v) is 6.90. The molecule has 2 bridgehead atoms. The molecule has 0 amide bonds. The fraction of sp³-hybridized carbons (Fsp3) is 0.941. The molecule has 0 spiro atoms. The van der Waals surface area contributed by atoms with Gasteiger partial charge in [0.15, 0.2) is 0 Å². The summed E-state index contributed by atoms with van der Waals surface area (Å²) in [6.45, 7) is 13.3. The van der Waals surface area contributed by atoms with Gasteiger partial charge in [0.25, 0.3) is 0 Å². The van der Waals surface area contributed by atoms with Crippen LogP contribution in [0.3, 0.4) is 0 Å². The Labute approximate surface area is 118 Å². The Morgan fingerprint density at radius 1 is 1.32 bits per heavy atom. The second-order valence-electron chi connectivity index (χ2n) is 7.57. The van der Waals surface area contributed by atoms with Crippen molar-refractivity contribution in [1.29, 1.82) is 0 Å². The molecule has 0 saturated heterocycles. The highest BCUT2D eigenvalue weighted by molar-refractivity contribution is 5.72. The van der Waals surface area contributed by atoms with E-state index >= 15 is 0 Å². The van der Waals surface area contributed by atoms with Crippen LogP contribution in [0.4, 0.5) is 0 Å². The molecule has 2 rings (SSSR count). The number of esters is 1. The van der Waals surface area contributed by atoms with E-state index in [0.717, 1.165) is 19.3 Å². The summed E-state index contributed by atoms with van der Waals surface area (Å²) in [5.74, 6) is 0.741. The van der Waals surface area contributed by atoms with Gasteiger partial charge in [0, 0.05) is 5.41 Å². The molecule has 0 radical (unpaired) electrons. The van der Waals surface area contributed by atoms with Gasteiger partial charge in [0.05, 0.1) is 5.92 Å². The highest BCUT2D eigenvalue weighted by Crippen LogP contribution is 2.71. The van der Waals surface area contributed by atoms with Crippen LogP contribution in [0, 0.1) is 22.7 Å². The minimum atomic E-state index is -0.222. The van der Waals surface area contributed by atoms with Crippen LogP contribution in [0.15, 0.2) is 0 Å². The van der Waals surface area contributed by atoms with Crippen LogP contribution in [-0.4, -0.2) is 11.6 Å². The van der Waals surface area contributed by atoms with Gasteiger partial charge < -0.3 is 4.74 Å². The number of carbonyl (C=O) groups is 1. The fourth-order valence-electron chi connectivity index (χ4n) is 4.61. The van der Waals surface area contributed by atoms with Crippen molar-refractivity contribution in [2.24, 2.45) is 22.7 Å². The topological polar surface area (TPSA) is 26.3 Å². The standard InChI is InChI=1S/C17H30O2/c1-7-12(3)14(18)19-17(8-2)11-13-9-10-16(17,6)15(13,4)5/h12-13H,7-11H2,1-6H3. The Morgan fingerprint density at radius 3 is 2.32 bits per heavy atom. The molecule has 19 heavy (non-hydrogen) atoms. The molecule has 0 aliphatic heterocycles. The third kappa shape index (κ3) is 1.78. The van der Waals surface area contributed by atoms with E-state index in [0.29, 0.717) is 11.3 Å². The Morgan fingerprint density at radius 2 is 1.95 bits per heavy atom. The number of hydrogen-bond acceptors (Lipinski definition) is 2. The van der Waals surface area contributed by atoms with Crippen molar-refractivity contribution >= 4 is 5.97 Å². The van der Waals surface area contributed by atoms with Crippen LogP contribution in [0.5, 0.6) is 0 Å². The summed E-state index contributed by atoms with van der Waals surface area (Å²) in [4.78, 5) is 12.3. The average molecular weight is 266 g/mol. The SMILES string of the molecule is CCC(C)C(=O)OC1(CC)CC2CCC1(C)C2(C)C. The van der Waals surface area contributed by atoms with Crippen molar-refractivity contribution in [1.82, 2.24) is 0 Å². The maximum Gasteiger partial charge on any atom is 0.309 e. The first kappa shape index (κ1) is 14.9. The smallest absolute Gasteiger partial charge is 0.309 e. The molecule has 110 valence electrons. The summed E-state index contributed by atoms with van der Waals surface area (Å²) in [7, 11) is 0. The Balaban J connectivity index is 2.29. The van der Waals surface area contributed by atoms with Crippen LogP contribution in [0.25, 0.3) is 0 Å². The molecule has 0 aromatic heterocycles. The zero-order chi connectivity index (χ0) is 14.5. The Kier molecular flexibility index (Phi) is 3.52. The molecule has 2 fully saturated rings. The van der Waals surface area contributed by atoms with Gasteiger partial charge in [-0.2, -0.15) is 0 Å². The molecule has 0 heterocycles. The van der Waals surface area contributed by atoms with E-state index in [-0.39, 0.29) is 22.9 Å². The lowest BCUT2D eigenvalue weighted by molar-refractivity contribution is -0.184. The molecule has 0 aromatic carbocycles. The molecule has 0 aromatic rings. The number of fused-ring (bicyclic) bond motifs is 2. The third-order valence-electron chi connectivity index (χ3n) is 6.90. The first-order chi connectivity index (χ1) is 8.74. The van der Waals surface area contributed by atoms with E-state index < -0.39 is 0 Å². The van der Waals surface area contributed by atoms with Crippen molar-refractivity contribution in [3.63, 3.8) is 0 Å². The molecule has 2 aliphatic rings. The molecule has 2 heteroatoms. The zero-order valence-electron chi connectivity index (χ0n) is 13.5. The molecular formula is C17H30O2. The number of carbonyl (C=O) groups excluding carboxylic acids is 1. The molecule has 2 nitrogen and oxygen atoms in total. The maximum absolute atomic E-state index is 12.3. The zero-order valence-corrected chi connectivity index (χ0v) is 13.5. The summed E-state index contributed by atoms with van der Waals surface area (Å²) in [5, 5.41) is 0. The van der Waals surface area contributed by atoms with Gasteiger partial charge in [-0.15, -0.1) is 0 Å². The summed E-state index contributed by atoms with van der Waals surface area (Å²) in [6, 6.07) is 0. The van der Waals surface area contributed by atoms with Crippen LogP contribution in [-0.2, 0) is 9.53 Å². The van der Waals surface area contributed by atoms with Gasteiger partial charge >= 0.3 is 5.97 Å². The second kappa shape index (κ2) is 4.49. The van der Waals surface area contributed by atoms with Gasteiger partial charge in [-0.1, -0.05) is 41.5 Å². The lowest BCUT2D eigenvalue weighted by Crippen LogP contribution is -2.50. The first-order valence-electron chi connectivity index (χ1n) is 7.97. The van der Waals surface area contributed by atoms with Crippen molar-refractivity contribution in [2.45, 2.75) is 79.2 Å². The fourth-order valence-corrected chi connectivity index (χ4v) is 4.61. The van der Waals surface area contributed by atoms with E-state index in [2.05, 4.69) is 34.6 Å². The summed E-state index contributed by atoms with van der Waals surface area (Å²) < 4.78 is 6.13. The van der Waals surface area contributed by atoms with Gasteiger partial charge in [-0.25, -0.2) is 0 Å². The van der Waals surface area contributed by atoms with Gasteiger partial charge in [-0.3, -0.25) is 4.79 Å². The van der Waals surface area contributed by atoms with Crippen LogP contribution in [0.1, 0.15) is 73.6 Å². The predicted octanol–water partition coefficient (Wildman–Crippen LogP) is 4.57. The quantitative estimate of drug-likeness (QED) is 0.697. The maximum atomic E-state index is 12.3. The molecule has 0 N–H and O–H groups in total. The molecule has 4 unspecified atom stereocenters. The first-order valence-corrected chi connectivity index (χ1v) is 7.97. The van der Waals surface area contributed by atoms with Crippen molar-refractivity contribution < 1.29 is 9.53 Å². The van der Waals surface area contributed by atoms with Gasteiger partial charge in [0.1, 0.15) is 5.60 Å². The van der Waals surface area contributed by atoms with E-state index in [4.69, 9.17) is 4.74 Å². The largest absolute Gasteiger partial charge is 0.458 e. The van der Waals surface area contributed by atoms with Crippen LogP contribution < -0.4 is 0 Å². The van der Waals surface area contributed by atoms with Crippen LogP contribution >= 0.6 is 0 Å². The Hall–Kier alpha value is -0.530. The summed E-state index contributed by atoms with van der Waals surface area (Å²) >= 11 is 0. The molecule has 4 atom stereocenters. The number of rotatable bonds is 4. The monoisotopic (exact) mass is 266 g/mol. The summed E-state index contributed by atoms with van der Waals surface area (Å²) in [6.07, 6.45) is 5.38. The van der Waals surface area contributed by atoms with Crippen molar-refractivity contribution in [3.8, 4) is 0 Å². The van der Waals surface area contributed by atoms with Crippen LogP contribution in [0.2, 0.25) is 0 Å². The lowest BCUT2D eigenvalue weighted by atomic mass is 9.63. The van der Waals surface area contributed by atoms with E-state index in [9.17, 15) is 4.79 Å². The molecular weight excluding hydrogens is 236 g/mol.